The number of esters is 1. The van der Waals surface area contributed by atoms with Crippen molar-refractivity contribution in [2.75, 3.05) is 13.7 Å². The Morgan fingerprint density at radius 3 is 2.31 bits per heavy atom. The highest BCUT2D eigenvalue weighted by Gasteiger charge is 2.20. The molecule has 0 saturated carbocycles. The minimum Gasteiger partial charge on any atom is -0.465 e. The maximum absolute atomic E-state index is 12.2. The van der Waals surface area contributed by atoms with Crippen LogP contribution in [0.2, 0.25) is 0 Å². The number of nitrogens with one attached hydrogen (secondary N) is 1. The largest absolute Gasteiger partial charge is 0.465 e. The highest BCUT2D eigenvalue weighted by Crippen LogP contribution is 2.13. The Morgan fingerprint density at radius 2 is 1.66 bits per heavy atom. The first kappa shape index (κ1) is 22.4. The number of ether oxygens (including phenoxy) is 3. The van der Waals surface area contributed by atoms with Crippen LogP contribution in [-0.2, 0) is 27.2 Å². The molecule has 2 aromatic rings. The quantitative estimate of drug-likeness (QED) is 0.676. The molecule has 2 rings (SSSR count). The van der Waals surface area contributed by atoms with Gasteiger partial charge in [0, 0.05) is 0 Å². The van der Waals surface area contributed by atoms with Crippen LogP contribution in [0.15, 0.2) is 54.6 Å². The normalized spacial score (nSPS) is 12.1. The Morgan fingerprint density at radius 1 is 1.00 bits per heavy atom. The second kappa shape index (κ2) is 10.6. The third-order valence-corrected chi connectivity index (χ3v) is 4.05. The van der Waals surface area contributed by atoms with Crippen molar-refractivity contribution in [3.63, 3.8) is 0 Å². The summed E-state index contributed by atoms with van der Waals surface area (Å²) in [6.07, 6.45) is 0.107. The van der Waals surface area contributed by atoms with Crippen molar-refractivity contribution in [3.05, 3.63) is 71.3 Å². The zero-order valence-electron chi connectivity index (χ0n) is 17.4. The van der Waals surface area contributed by atoms with Crippen molar-refractivity contribution in [2.45, 2.75) is 45.4 Å². The summed E-state index contributed by atoms with van der Waals surface area (Å²) in [5.41, 5.74) is 1.69. The second-order valence-corrected chi connectivity index (χ2v) is 7.70. The van der Waals surface area contributed by atoms with E-state index in [0.29, 0.717) is 12.0 Å². The molecular weight excluding hydrogens is 370 g/mol. The van der Waals surface area contributed by atoms with Gasteiger partial charge in [0.1, 0.15) is 5.60 Å². The van der Waals surface area contributed by atoms with Gasteiger partial charge in [0.15, 0.2) is 0 Å². The molecule has 1 N–H and O–H groups in total. The van der Waals surface area contributed by atoms with Crippen molar-refractivity contribution in [1.82, 2.24) is 5.32 Å². The van der Waals surface area contributed by atoms with Crippen LogP contribution in [0.3, 0.4) is 0 Å². The van der Waals surface area contributed by atoms with Gasteiger partial charge in [-0.3, -0.25) is 0 Å². The topological polar surface area (TPSA) is 73.9 Å². The van der Waals surface area contributed by atoms with Gasteiger partial charge in [0.2, 0.25) is 0 Å². The van der Waals surface area contributed by atoms with Gasteiger partial charge in [-0.15, -0.1) is 0 Å². The molecule has 0 spiro atoms. The van der Waals surface area contributed by atoms with Gasteiger partial charge in [0.25, 0.3) is 0 Å². The number of alkyl carbamates (subject to hydrolysis) is 1. The van der Waals surface area contributed by atoms with Crippen LogP contribution in [0.25, 0.3) is 0 Å². The Hall–Kier alpha value is -2.86. The van der Waals surface area contributed by atoms with E-state index < -0.39 is 17.7 Å². The molecule has 0 radical (unpaired) electrons. The Kier molecular flexibility index (Phi) is 8.21. The summed E-state index contributed by atoms with van der Waals surface area (Å²) < 4.78 is 16.0. The standard InChI is InChI=1S/C23H29NO5/c1-23(2,3)29-22(26)24-19(14-17-10-6-5-7-11-17)16-28-15-18-12-8-9-13-20(18)21(25)27-4/h5-13,19H,14-16H2,1-4H3,(H,24,26). The molecule has 0 fully saturated rings. The monoisotopic (exact) mass is 399 g/mol. The van der Waals surface area contributed by atoms with E-state index in [1.807, 2.05) is 63.2 Å². The van der Waals surface area contributed by atoms with E-state index in [0.717, 1.165) is 11.1 Å². The van der Waals surface area contributed by atoms with Crippen LogP contribution in [0, 0.1) is 0 Å². The molecule has 1 atom stereocenters. The lowest BCUT2D eigenvalue weighted by atomic mass is 10.1. The average Bonchev–Trinajstić information content (AvgIpc) is 2.67. The smallest absolute Gasteiger partial charge is 0.407 e. The van der Waals surface area contributed by atoms with E-state index in [1.165, 1.54) is 7.11 Å². The van der Waals surface area contributed by atoms with Gasteiger partial charge >= 0.3 is 12.1 Å². The fraction of sp³-hybridized carbons (Fsp3) is 0.391. The number of carbonyl (C=O) groups excluding carboxylic acids is 2. The molecule has 0 heterocycles. The summed E-state index contributed by atoms with van der Waals surface area (Å²) in [4.78, 5) is 24.1. The Labute approximate surface area is 172 Å². The Balaban J connectivity index is 2.02. The van der Waals surface area contributed by atoms with E-state index >= 15 is 0 Å². The minimum atomic E-state index is -0.582. The molecule has 6 heteroatoms. The first-order chi connectivity index (χ1) is 13.8. The summed E-state index contributed by atoms with van der Waals surface area (Å²) in [5.74, 6) is -0.406. The number of benzene rings is 2. The number of methoxy groups -OCH3 is 1. The summed E-state index contributed by atoms with van der Waals surface area (Å²) >= 11 is 0. The summed E-state index contributed by atoms with van der Waals surface area (Å²) in [5, 5.41) is 2.88. The Bertz CT molecular complexity index is 798. The first-order valence-corrected chi connectivity index (χ1v) is 9.56. The van der Waals surface area contributed by atoms with Crippen LogP contribution in [0.5, 0.6) is 0 Å². The molecule has 0 aromatic heterocycles. The van der Waals surface area contributed by atoms with Gasteiger partial charge in [-0.25, -0.2) is 9.59 Å². The molecule has 29 heavy (non-hydrogen) atoms. The predicted octanol–water partition coefficient (Wildman–Crippen LogP) is 4.13. The highest BCUT2D eigenvalue weighted by molar-refractivity contribution is 5.90. The van der Waals surface area contributed by atoms with Crippen LogP contribution < -0.4 is 5.32 Å². The van der Waals surface area contributed by atoms with Crippen molar-refractivity contribution in [2.24, 2.45) is 0 Å². The molecule has 2 aromatic carbocycles. The number of rotatable bonds is 8. The first-order valence-electron chi connectivity index (χ1n) is 9.56. The lowest BCUT2D eigenvalue weighted by molar-refractivity contribution is 0.0428. The van der Waals surface area contributed by atoms with Gasteiger partial charge < -0.3 is 19.5 Å². The van der Waals surface area contributed by atoms with Gasteiger partial charge in [0.05, 0.1) is 31.9 Å². The van der Waals surface area contributed by atoms with Gasteiger partial charge in [-0.2, -0.15) is 0 Å². The maximum atomic E-state index is 12.2. The molecule has 0 aliphatic rings. The molecule has 1 unspecified atom stereocenters. The van der Waals surface area contributed by atoms with Crippen molar-refractivity contribution >= 4 is 12.1 Å². The van der Waals surface area contributed by atoms with Crippen LogP contribution in [0.4, 0.5) is 4.79 Å². The van der Waals surface area contributed by atoms with Crippen LogP contribution in [0.1, 0.15) is 42.3 Å². The molecule has 156 valence electrons. The number of hydrogen-bond acceptors (Lipinski definition) is 5. The zero-order valence-corrected chi connectivity index (χ0v) is 17.4. The molecule has 0 aliphatic heterocycles. The van der Waals surface area contributed by atoms with Crippen LogP contribution >= 0.6 is 0 Å². The predicted molar refractivity (Wildman–Crippen MR) is 111 cm³/mol. The SMILES string of the molecule is COC(=O)c1ccccc1COCC(Cc1ccccc1)NC(=O)OC(C)(C)C. The minimum absolute atomic E-state index is 0.229. The molecule has 1 amide bonds. The third-order valence-electron chi connectivity index (χ3n) is 4.05. The molecule has 0 bridgehead atoms. The molecule has 6 nitrogen and oxygen atoms in total. The molecule has 0 saturated heterocycles. The number of hydrogen-bond donors (Lipinski definition) is 1. The fourth-order valence-electron chi connectivity index (χ4n) is 2.79. The summed E-state index contributed by atoms with van der Waals surface area (Å²) in [7, 11) is 1.35. The summed E-state index contributed by atoms with van der Waals surface area (Å²) in [6.45, 7) is 5.95. The second-order valence-electron chi connectivity index (χ2n) is 7.70. The number of amides is 1. The highest BCUT2D eigenvalue weighted by atomic mass is 16.6. The lowest BCUT2D eigenvalue weighted by Crippen LogP contribution is -2.42. The van der Waals surface area contributed by atoms with Gasteiger partial charge in [-0.05, 0) is 44.4 Å². The van der Waals surface area contributed by atoms with Crippen molar-refractivity contribution in [1.29, 1.82) is 0 Å². The third kappa shape index (κ3) is 7.95. The summed E-state index contributed by atoms with van der Waals surface area (Å²) in [6, 6.07) is 16.7. The van der Waals surface area contributed by atoms with E-state index in [1.54, 1.807) is 12.1 Å². The molecular formula is C23H29NO5. The van der Waals surface area contributed by atoms with Crippen LogP contribution in [-0.4, -0.2) is 37.4 Å². The van der Waals surface area contributed by atoms with Crippen molar-refractivity contribution < 1.29 is 23.8 Å². The van der Waals surface area contributed by atoms with E-state index in [4.69, 9.17) is 14.2 Å². The van der Waals surface area contributed by atoms with Gasteiger partial charge in [-0.1, -0.05) is 48.5 Å². The number of carbonyl (C=O) groups is 2. The molecule has 0 aliphatic carbocycles. The maximum Gasteiger partial charge on any atom is 0.407 e. The average molecular weight is 399 g/mol. The zero-order chi connectivity index (χ0) is 21.3. The van der Waals surface area contributed by atoms with E-state index in [2.05, 4.69) is 5.32 Å². The lowest BCUT2D eigenvalue weighted by Gasteiger charge is -2.24. The fourth-order valence-corrected chi connectivity index (χ4v) is 2.79. The van der Waals surface area contributed by atoms with E-state index in [9.17, 15) is 9.59 Å². The van der Waals surface area contributed by atoms with Crippen molar-refractivity contribution in [3.8, 4) is 0 Å². The van der Waals surface area contributed by atoms with E-state index in [-0.39, 0.29) is 19.3 Å².